The van der Waals surface area contributed by atoms with E-state index in [-0.39, 0.29) is 18.6 Å². The maximum absolute atomic E-state index is 11.5. The zero-order chi connectivity index (χ0) is 11.7. The van der Waals surface area contributed by atoms with Crippen LogP contribution in [-0.2, 0) is 0 Å². The average Bonchev–Trinajstić information content (AvgIpc) is 2.59. The maximum atomic E-state index is 11.5. The summed E-state index contributed by atoms with van der Waals surface area (Å²) in [6.07, 6.45) is 1.81. The van der Waals surface area contributed by atoms with Crippen LogP contribution >= 0.6 is 0 Å². The van der Waals surface area contributed by atoms with Crippen LogP contribution in [0.15, 0.2) is 21.9 Å². The number of H-pyrrole nitrogens is 1. The van der Waals surface area contributed by atoms with Crippen molar-refractivity contribution in [2.75, 3.05) is 6.61 Å². The molecule has 0 aliphatic heterocycles. The number of nitrogens with zero attached hydrogens (tertiary/aromatic N) is 1. The number of nitrogens with one attached hydrogen (secondary N) is 1. The summed E-state index contributed by atoms with van der Waals surface area (Å²) in [4.78, 5) is 24.5. The lowest BCUT2D eigenvalue weighted by Crippen LogP contribution is -2.30. The van der Waals surface area contributed by atoms with Crippen LogP contribution in [0, 0.1) is 5.92 Å². The average molecular weight is 226 g/mol. The summed E-state index contributed by atoms with van der Waals surface area (Å²) in [5, 5.41) is 18.6. The van der Waals surface area contributed by atoms with Crippen LogP contribution in [0.4, 0.5) is 0 Å². The van der Waals surface area contributed by atoms with E-state index >= 15 is 0 Å². The molecule has 3 atom stereocenters. The van der Waals surface area contributed by atoms with Gasteiger partial charge in [-0.05, 0) is 12.8 Å². The standard InChI is InChI=1S/C10H14N2O4/c13-5-6-3-7(4-8(6)14)12-2-1-9(15)11-10(12)16/h1-2,6-8,13-14H,3-5H2,(H,11,15,16)/t6-,7-,8+/m0/s1. The van der Waals surface area contributed by atoms with Gasteiger partial charge in [-0.25, -0.2) is 4.79 Å². The first kappa shape index (κ1) is 11.1. The van der Waals surface area contributed by atoms with Gasteiger partial charge in [0.15, 0.2) is 0 Å². The van der Waals surface area contributed by atoms with Crippen molar-refractivity contribution >= 4 is 0 Å². The molecule has 6 heteroatoms. The highest BCUT2D eigenvalue weighted by molar-refractivity contribution is 4.92. The molecule has 0 spiro atoms. The van der Waals surface area contributed by atoms with Crippen molar-refractivity contribution in [3.05, 3.63) is 33.1 Å². The quantitative estimate of drug-likeness (QED) is 0.593. The zero-order valence-electron chi connectivity index (χ0n) is 8.67. The van der Waals surface area contributed by atoms with Gasteiger partial charge in [0.05, 0.1) is 6.10 Å². The molecule has 3 N–H and O–H groups in total. The van der Waals surface area contributed by atoms with E-state index < -0.39 is 17.4 Å². The molecule has 1 heterocycles. The number of aromatic amines is 1. The van der Waals surface area contributed by atoms with Gasteiger partial charge in [-0.1, -0.05) is 0 Å². The first-order valence-electron chi connectivity index (χ1n) is 5.22. The summed E-state index contributed by atoms with van der Waals surface area (Å²) in [7, 11) is 0. The van der Waals surface area contributed by atoms with Gasteiger partial charge < -0.3 is 10.2 Å². The molecular formula is C10H14N2O4. The smallest absolute Gasteiger partial charge is 0.328 e. The lowest BCUT2D eigenvalue weighted by Gasteiger charge is -2.12. The van der Waals surface area contributed by atoms with E-state index in [9.17, 15) is 14.7 Å². The SMILES string of the molecule is O=c1ccn([C@H]2C[C@@H](CO)[C@H](O)C2)c(=O)[nH]1. The van der Waals surface area contributed by atoms with Crippen LogP contribution in [0.5, 0.6) is 0 Å². The van der Waals surface area contributed by atoms with Crippen molar-refractivity contribution in [2.24, 2.45) is 5.92 Å². The Balaban J connectivity index is 2.27. The fraction of sp³-hybridized carbons (Fsp3) is 0.600. The first-order valence-corrected chi connectivity index (χ1v) is 5.22. The van der Waals surface area contributed by atoms with Crippen LogP contribution in [-0.4, -0.2) is 32.5 Å². The van der Waals surface area contributed by atoms with E-state index in [2.05, 4.69) is 4.98 Å². The van der Waals surface area contributed by atoms with E-state index in [1.807, 2.05) is 0 Å². The van der Waals surface area contributed by atoms with Gasteiger partial charge in [0.1, 0.15) is 0 Å². The van der Waals surface area contributed by atoms with Crippen LogP contribution in [0.25, 0.3) is 0 Å². The molecule has 1 fully saturated rings. The molecule has 1 aliphatic carbocycles. The molecule has 2 rings (SSSR count). The Bertz CT molecular complexity index is 478. The predicted molar refractivity (Wildman–Crippen MR) is 56.2 cm³/mol. The van der Waals surface area contributed by atoms with Crippen molar-refractivity contribution in [3.63, 3.8) is 0 Å². The molecule has 0 saturated heterocycles. The van der Waals surface area contributed by atoms with E-state index in [0.29, 0.717) is 12.8 Å². The van der Waals surface area contributed by atoms with Crippen molar-refractivity contribution in [2.45, 2.75) is 25.0 Å². The Morgan fingerprint density at radius 1 is 1.44 bits per heavy atom. The fourth-order valence-electron chi connectivity index (χ4n) is 2.21. The molecule has 0 unspecified atom stereocenters. The number of aliphatic hydroxyl groups excluding tert-OH is 2. The monoisotopic (exact) mass is 226 g/mol. The highest BCUT2D eigenvalue weighted by Gasteiger charge is 2.33. The van der Waals surface area contributed by atoms with Crippen LogP contribution in [0.3, 0.4) is 0 Å². The number of rotatable bonds is 2. The minimum atomic E-state index is -0.589. The summed E-state index contributed by atoms with van der Waals surface area (Å²) in [5.74, 6) is -0.191. The van der Waals surface area contributed by atoms with Crippen molar-refractivity contribution < 1.29 is 10.2 Å². The number of hydrogen-bond donors (Lipinski definition) is 3. The van der Waals surface area contributed by atoms with Crippen LogP contribution < -0.4 is 11.2 Å². The summed E-state index contributed by atoms with van der Waals surface area (Å²) >= 11 is 0. The van der Waals surface area contributed by atoms with Gasteiger partial charge in [0.25, 0.3) is 5.56 Å². The lowest BCUT2D eigenvalue weighted by atomic mass is 10.1. The Hall–Kier alpha value is -1.40. The highest BCUT2D eigenvalue weighted by Crippen LogP contribution is 2.33. The molecule has 0 radical (unpaired) electrons. The Kier molecular flexibility index (Phi) is 2.93. The van der Waals surface area contributed by atoms with Gasteiger partial charge in [0.2, 0.25) is 0 Å². The zero-order valence-corrected chi connectivity index (χ0v) is 8.67. The maximum Gasteiger partial charge on any atom is 0.328 e. The predicted octanol–water partition coefficient (Wildman–Crippen LogP) is -1.16. The fourth-order valence-corrected chi connectivity index (χ4v) is 2.21. The summed E-state index contributed by atoms with van der Waals surface area (Å²) in [6.45, 7) is -0.0875. The largest absolute Gasteiger partial charge is 0.396 e. The first-order chi connectivity index (χ1) is 7.61. The Morgan fingerprint density at radius 3 is 2.75 bits per heavy atom. The second kappa shape index (κ2) is 4.23. The number of aliphatic hydroxyl groups is 2. The molecule has 6 nitrogen and oxygen atoms in total. The third-order valence-electron chi connectivity index (χ3n) is 3.11. The molecule has 16 heavy (non-hydrogen) atoms. The molecule has 1 aromatic rings. The van der Waals surface area contributed by atoms with E-state index in [4.69, 9.17) is 5.11 Å². The Morgan fingerprint density at radius 2 is 2.19 bits per heavy atom. The third-order valence-corrected chi connectivity index (χ3v) is 3.11. The lowest BCUT2D eigenvalue weighted by molar-refractivity contribution is 0.0906. The second-order valence-electron chi connectivity index (χ2n) is 4.15. The van der Waals surface area contributed by atoms with Gasteiger partial charge in [-0.15, -0.1) is 0 Å². The Labute approximate surface area is 91.2 Å². The summed E-state index contributed by atoms with van der Waals surface area (Å²) < 4.78 is 1.40. The van der Waals surface area contributed by atoms with Gasteiger partial charge >= 0.3 is 5.69 Å². The molecule has 88 valence electrons. The number of hydrogen-bond acceptors (Lipinski definition) is 4. The number of aromatic nitrogens is 2. The topological polar surface area (TPSA) is 95.3 Å². The molecule has 1 aromatic heterocycles. The minimum absolute atomic E-state index is 0.0875. The molecule has 0 amide bonds. The van der Waals surface area contributed by atoms with E-state index in [1.54, 1.807) is 0 Å². The van der Waals surface area contributed by atoms with Crippen molar-refractivity contribution in [1.29, 1.82) is 0 Å². The molecule has 0 aromatic carbocycles. The minimum Gasteiger partial charge on any atom is -0.396 e. The highest BCUT2D eigenvalue weighted by atomic mass is 16.3. The molecule has 0 bridgehead atoms. The summed E-state index contributed by atoms with van der Waals surface area (Å²) in [5.41, 5.74) is -0.901. The molecular weight excluding hydrogens is 212 g/mol. The van der Waals surface area contributed by atoms with Crippen LogP contribution in [0.1, 0.15) is 18.9 Å². The molecule has 1 aliphatic rings. The van der Waals surface area contributed by atoms with E-state index in [1.165, 1.54) is 16.8 Å². The van der Waals surface area contributed by atoms with Crippen LogP contribution in [0.2, 0.25) is 0 Å². The van der Waals surface area contributed by atoms with Crippen molar-refractivity contribution in [1.82, 2.24) is 9.55 Å². The van der Waals surface area contributed by atoms with Gasteiger partial charge in [-0.3, -0.25) is 14.3 Å². The van der Waals surface area contributed by atoms with Gasteiger partial charge in [-0.2, -0.15) is 0 Å². The van der Waals surface area contributed by atoms with Crippen molar-refractivity contribution in [3.8, 4) is 0 Å². The van der Waals surface area contributed by atoms with E-state index in [0.717, 1.165) is 0 Å². The summed E-state index contributed by atoms with van der Waals surface area (Å²) in [6, 6.07) is 1.12. The van der Waals surface area contributed by atoms with Gasteiger partial charge in [0, 0.05) is 30.8 Å². The normalized spacial score (nSPS) is 29.5. The third kappa shape index (κ3) is 1.94. The second-order valence-corrected chi connectivity index (χ2v) is 4.15. The molecule has 1 saturated carbocycles.